The van der Waals surface area contributed by atoms with E-state index in [2.05, 4.69) is 10.0 Å². The Morgan fingerprint density at radius 1 is 1.20 bits per heavy atom. The van der Waals surface area contributed by atoms with Crippen molar-refractivity contribution >= 4 is 15.9 Å². The summed E-state index contributed by atoms with van der Waals surface area (Å²) >= 11 is 0. The number of carbonyl (C=O) groups excluding carboxylic acids is 1. The molecule has 0 aliphatic carbocycles. The summed E-state index contributed by atoms with van der Waals surface area (Å²) in [6.45, 7) is 6.20. The number of sulfonamides is 1. The van der Waals surface area contributed by atoms with E-state index in [4.69, 9.17) is 0 Å². The Kier molecular flexibility index (Phi) is 6.16. The zero-order chi connectivity index (χ0) is 15.2. The Labute approximate surface area is 120 Å². The smallest absolute Gasteiger partial charge is 0.251 e. The summed E-state index contributed by atoms with van der Waals surface area (Å²) in [6.07, 6.45) is 1.58. The van der Waals surface area contributed by atoms with E-state index in [0.29, 0.717) is 12.1 Å². The fraction of sp³-hybridized carbons (Fsp3) is 0.500. The molecule has 2 N–H and O–H groups in total. The first-order valence-corrected chi connectivity index (χ1v) is 8.29. The van der Waals surface area contributed by atoms with Crippen LogP contribution in [0.1, 0.15) is 44.0 Å². The predicted octanol–water partition coefficient (Wildman–Crippen LogP) is 1.90. The first kappa shape index (κ1) is 16.7. The van der Waals surface area contributed by atoms with E-state index in [9.17, 15) is 13.2 Å². The third kappa shape index (κ3) is 4.61. The average Bonchev–Trinajstić information content (AvgIpc) is 2.45. The first-order valence-electron chi connectivity index (χ1n) is 6.81. The summed E-state index contributed by atoms with van der Waals surface area (Å²) < 4.78 is 26.3. The van der Waals surface area contributed by atoms with Gasteiger partial charge in [0.05, 0.1) is 4.90 Å². The lowest BCUT2D eigenvalue weighted by Gasteiger charge is -2.11. The standard InChI is InChI=1S/C14H22N2O3S/c1-4-10-15-20(18,19)13-8-6-12(7-9-13)14(17)16-11(3)5-2/h6-9,11,15H,4-5,10H2,1-3H3,(H,16,17). The molecule has 1 atom stereocenters. The van der Waals surface area contributed by atoms with Gasteiger partial charge < -0.3 is 5.32 Å². The van der Waals surface area contributed by atoms with Gasteiger partial charge in [-0.3, -0.25) is 4.79 Å². The van der Waals surface area contributed by atoms with Crippen LogP contribution in [-0.2, 0) is 10.0 Å². The Morgan fingerprint density at radius 3 is 2.30 bits per heavy atom. The minimum absolute atomic E-state index is 0.0946. The fourth-order valence-electron chi connectivity index (χ4n) is 1.51. The largest absolute Gasteiger partial charge is 0.350 e. The van der Waals surface area contributed by atoms with Crippen LogP contribution < -0.4 is 10.0 Å². The van der Waals surface area contributed by atoms with Gasteiger partial charge in [0, 0.05) is 18.2 Å². The molecule has 0 aliphatic rings. The van der Waals surface area contributed by atoms with E-state index >= 15 is 0 Å². The van der Waals surface area contributed by atoms with Crippen molar-refractivity contribution in [2.45, 2.75) is 44.6 Å². The third-order valence-corrected chi connectivity index (χ3v) is 4.44. The molecule has 1 unspecified atom stereocenters. The van der Waals surface area contributed by atoms with Crippen molar-refractivity contribution in [1.82, 2.24) is 10.0 Å². The van der Waals surface area contributed by atoms with Crippen LogP contribution in [0.2, 0.25) is 0 Å². The maximum absolute atomic E-state index is 11.9. The molecule has 1 amide bonds. The summed E-state index contributed by atoms with van der Waals surface area (Å²) in [6, 6.07) is 6.04. The monoisotopic (exact) mass is 298 g/mol. The quantitative estimate of drug-likeness (QED) is 0.807. The van der Waals surface area contributed by atoms with Gasteiger partial charge >= 0.3 is 0 Å². The zero-order valence-electron chi connectivity index (χ0n) is 12.1. The van der Waals surface area contributed by atoms with Crippen LogP contribution >= 0.6 is 0 Å². The second-order valence-corrected chi connectivity index (χ2v) is 6.47. The van der Waals surface area contributed by atoms with Gasteiger partial charge in [-0.15, -0.1) is 0 Å². The molecule has 20 heavy (non-hydrogen) atoms. The van der Waals surface area contributed by atoms with Gasteiger partial charge in [0.1, 0.15) is 0 Å². The van der Waals surface area contributed by atoms with Crippen LogP contribution in [0, 0.1) is 0 Å². The highest BCUT2D eigenvalue weighted by Gasteiger charge is 2.14. The fourth-order valence-corrected chi connectivity index (χ4v) is 2.65. The number of benzene rings is 1. The van der Waals surface area contributed by atoms with Crippen LogP contribution in [0.15, 0.2) is 29.2 Å². The molecule has 1 aromatic carbocycles. The van der Waals surface area contributed by atoms with Crippen molar-refractivity contribution in [1.29, 1.82) is 0 Å². The number of amides is 1. The Hall–Kier alpha value is -1.40. The van der Waals surface area contributed by atoms with Crippen molar-refractivity contribution in [2.24, 2.45) is 0 Å². The third-order valence-electron chi connectivity index (χ3n) is 2.96. The van der Waals surface area contributed by atoms with Gasteiger partial charge in [0.15, 0.2) is 0 Å². The molecule has 1 rings (SSSR count). The minimum Gasteiger partial charge on any atom is -0.350 e. The summed E-state index contributed by atoms with van der Waals surface area (Å²) in [5, 5.41) is 2.83. The molecule has 0 saturated carbocycles. The first-order chi connectivity index (χ1) is 9.40. The molecule has 0 fully saturated rings. The number of nitrogens with one attached hydrogen (secondary N) is 2. The highest BCUT2D eigenvalue weighted by Crippen LogP contribution is 2.11. The highest BCUT2D eigenvalue weighted by atomic mass is 32.2. The number of hydrogen-bond acceptors (Lipinski definition) is 3. The van der Waals surface area contributed by atoms with Crippen LogP contribution in [0.5, 0.6) is 0 Å². The molecular formula is C14H22N2O3S. The average molecular weight is 298 g/mol. The summed E-state index contributed by atoms with van der Waals surface area (Å²) in [4.78, 5) is 12.0. The lowest BCUT2D eigenvalue weighted by atomic mass is 10.2. The Bertz CT molecular complexity index is 538. The van der Waals surface area contributed by atoms with Crippen molar-refractivity contribution in [3.05, 3.63) is 29.8 Å². The van der Waals surface area contributed by atoms with Gasteiger partial charge in [-0.05, 0) is 44.0 Å². The maximum Gasteiger partial charge on any atom is 0.251 e. The molecule has 0 aliphatic heterocycles. The van der Waals surface area contributed by atoms with E-state index in [0.717, 1.165) is 12.8 Å². The van der Waals surface area contributed by atoms with Gasteiger partial charge in [-0.1, -0.05) is 13.8 Å². The van der Waals surface area contributed by atoms with Crippen LogP contribution in [-0.4, -0.2) is 26.9 Å². The minimum atomic E-state index is -3.47. The van der Waals surface area contributed by atoms with Gasteiger partial charge in [-0.25, -0.2) is 13.1 Å². The van der Waals surface area contributed by atoms with Crippen molar-refractivity contribution in [3.63, 3.8) is 0 Å². The molecule has 0 radical (unpaired) electrons. The van der Waals surface area contributed by atoms with Crippen molar-refractivity contribution < 1.29 is 13.2 Å². The Morgan fingerprint density at radius 2 is 1.80 bits per heavy atom. The zero-order valence-corrected chi connectivity index (χ0v) is 13.0. The number of hydrogen-bond donors (Lipinski definition) is 2. The molecular weight excluding hydrogens is 276 g/mol. The molecule has 6 heteroatoms. The van der Waals surface area contributed by atoms with Crippen LogP contribution in [0.4, 0.5) is 0 Å². The summed E-state index contributed by atoms with van der Waals surface area (Å²) in [5.74, 6) is -0.190. The highest BCUT2D eigenvalue weighted by molar-refractivity contribution is 7.89. The van der Waals surface area contributed by atoms with Crippen molar-refractivity contribution in [2.75, 3.05) is 6.54 Å². The topological polar surface area (TPSA) is 75.3 Å². The van der Waals surface area contributed by atoms with Gasteiger partial charge in [0.25, 0.3) is 5.91 Å². The lowest BCUT2D eigenvalue weighted by molar-refractivity contribution is 0.0939. The predicted molar refractivity (Wildman–Crippen MR) is 79.1 cm³/mol. The molecule has 1 aromatic rings. The summed E-state index contributed by atoms with van der Waals surface area (Å²) in [7, 11) is -3.47. The second-order valence-electron chi connectivity index (χ2n) is 4.70. The molecule has 0 saturated heterocycles. The van der Waals surface area contributed by atoms with Crippen molar-refractivity contribution in [3.8, 4) is 0 Å². The van der Waals surface area contributed by atoms with E-state index in [1.165, 1.54) is 24.3 Å². The van der Waals surface area contributed by atoms with Crippen LogP contribution in [0.3, 0.4) is 0 Å². The normalized spacial score (nSPS) is 12.9. The molecule has 5 nitrogen and oxygen atoms in total. The van der Waals surface area contributed by atoms with Crippen LogP contribution in [0.25, 0.3) is 0 Å². The van der Waals surface area contributed by atoms with E-state index in [1.807, 2.05) is 20.8 Å². The SMILES string of the molecule is CCCNS(=O)(=O)c1ccc(C(=O)NC(C)CC)cc1. The van der Waals surface area contributed by atoms with E-state index < -0.39 is 10.0 Å². The molecule has 0 bridgehead atoms. The molecule has 0 heterocycles. The van der Waals surface area contributed by atoms with E-state index in [1.54, 1.807) is 0 Å². The van der Waals surface area contributed by atoms with Gasteiger partial charge in [-0.2, -0.15) is 0 Å². The number of rotatable bonds is 7. The molecule has 0 spiro atoms. The maximum atomic E-state index is 11.9. The summed E-state index contributed by atoms with van der Waals surface area (Å²) in [5.41, 5.74) is 0.458. The van der Waals surface area contributed by atoms with E-state index in [-0.39, 0.29) is 16.8 Å². The number of carbonyl (C=O) groups is 1. The molecule has 112 valence electrons. The lowest BCUT2D eigenvalue weighted by Crippen LogP contribution is -2.32. The van der Waals surface area contributed by atoms with Gasteiger partial charge in [0.2, 0.25) is 10.0 Å². The molecule has 0 aromatic heterocycles. The second kappa shape index (κ2) is 7.40. The Balaban J connectivity index is 2.81.